The van der Waals surface area contributed by atoms with Crippen LogP contribution in [-0.2, 0) is 0 Å². The second kappa shape index (κ2) is 3.92. The first-order chi connectivity index (χ1) is 7.85. The number of carboxylic acids is 1. The molecule has 17 heavy (non-hydrogen) atoms. The van der Waals surface area contributed by atoms with E-state index in [1.165, 1.54) is 18.2 Å². The topological polar surface area (TPSA) is 46.5 Å². The number of fused-ring (bicyclic) bond motifs is 1. The van der Waals surface area contributed by atoms with Crippen molar-refractivity contribution in [2.45, 2.75) is 6.36 Å². The Morgan fingerprint density at radius 3 is 2.59 bits per heavy atom. The number of thiophene rings is 1. The first-order valence-electron chi connectivity index (χ1n) is 4.38. The molecule has 1 N–H and O–H groups in total. The van der Waals surface area contributed by atoms with Crippen LogP contribution in [0.25, 0.3) is 10.1 Å². The van der Waals surface area contributed by atoms with Gasteiger partial charge < -0.3 is 9.84 Å². The first-order valence-corrected chi connectivity index (χ1v) is 5.19. The smallest absolute Gasteiger partial charge is 0.477 e. The van der Waals surface area contributed by atoms with E-state index in [9.17, 15) is 18.0 Å². The number of carbonyl (C=O) groups is 1. The van der Waals surface area contributed by atoms with E-state index in [2.05, 4.69) is 4.74 Å². The van der Waals surface area contributed by atoms with Crippen LogP contribution in [0.15, 0.2) is 24.3 Å². The predicted molar refractivity (Wildman–Crippen MR) is 55.5 cm³/mol. The van der Waals surface area contributed by atoms with Gasteiger partial charge in [-0.05, 0) is 29.7 Å². The van der Waals surface area contributed by atoms with Gasteiger partial charge in [0.1, 0.15) is 10.6 Å². The van der Waals surface area contributed by atoms with Gasteiger partial charge in [-0.1, -0.05) is 0 Å². The van der Waals surface area contributed by atoms with Crippen molar-refractivity contribution >= 4 is 27.4 Å². The summed E-state index contributed by atoms with van der Waals surface area (Å²) in [6, 6.07) is 5.10. The molecule has 0 unspecified atom stereocenters. The molecule has 0 radical (unpaired) electrons. The Labute approximate surface area is 97.0 Å². The highest BCUT2D eigenvalue weighted by molar-refractivity contribution is 7.20. The van der Waals surface area contributed by atoms with Crippen molar-refractivity contribution in [2.24, 2.45) is 0 Å². The minimum Gasteiger partial charge on any atom is -0.477 e. The molecule has 2 aromatic rings. The Kier molecular flexibility index (Phi) is 2.70. The molecule has 90 valence electrons. The highest BCUT2D eigenvalue weighted by Crippen LogP contribution is 2.31. The zero-order valence-corrected chi connectivity index (χ0v) is 8.93. The summed E-state index contributed by atoms with van der Waals surface area (Å²) in [4.78, 5) is 10.8. The molecule has 0 atom stereocenters. The third-order valence-corrected chi connectivity index (χ3v) is 3.02. The molecule has 1 aromatic carbocycles. The SMILES string of the molecule is O=C(O)c1cc2ccc(OC(F)(F)F)cc2s1. The third-order valence-electron chi connectivity index (χ3n) is 1.94. The van der Waals surface area contributed by atoms with Crippen molar-refractivity contribution < 1.29 is 27.8 Å². The zero-order chi connectivity index (χ0) is 12.6. The summed E-state index contributed by atoms with van der Waals surface area (Å²) in [5.41, 5.74) is 0. The van der Waals surface area contributed by atoms with Crippen LogP contribution in [0.4, 0.5) is 13.2 Å². The lowest BCUT2D eigenvalue weighted by Gasteiger charge is -2.08. The Morgan fingerprint density at radius 2 is 2.00 bits per heavy atom. The minimum absolute atomic E-state index is 0.0733. The van der Waals surface area contributed by atoms with Gasteiger partial charge in [0.05, 0.1) is 0 Å². The molecule has 0 saturated heterocycles. The van der Waals surface area contributed by atoms with E-state index in [0.29, 0.717) is 10.1 Å². The van der Waals surface area contributed by atoms with Gasteiger partial charge >= 0.3 is 12.3 Å². The molecule has 0 aliphatic heterocycles. The first kappa shape index (κ1) is 11.7. The normalized spacial score (nSPS) is 11.7. The fourth-order valence-electron chi connectivity index (χ4n) is 1.31. The van der Waals surface area contributed by atoms with E-state index in [1.807, 2.05) is 0 Å². The zero-order valence-electron chi connectivity index (χ0n) is 8.12. The Balaban J connectivity index is 2.40. The fraction of sp³-hybridized carbons (Fsp3) is 0.100. The molecule has 3 nitrogen and oxygen atoms in total. The maximum Gasteiger partial charge on any atom is 0.573 e. The highest BCUT2D eigenvalue weighted by Gasteiger charge is 2.31. The van der Waals surface area contributed by atoms with Gasteiger partial charge in [-0.2, -0.15) is 0 Å². The number of hydrogen-bond acceptors (Lipinski definition) is 3. The van der Waals surface area contributed by atoms with E-state index in [0.717, 1.165) is 17.4 Å². The summed E-state index contributed by atoms with van der Waals surface area (Å²) in [5, 5.41) is 9.31. The lowest BCUT2D eigenvalue weighted by molar-refractivity contribution is -0.274. The molecule has 0 aliphatic rings. The minimum atomic E-state index is -4.75. The van der Waals surface area contributed by atoms with Crippen molar-refractivity contribution in [2.75, 3.05) is 0 Å². The molecular formula is C10H5F3O3S. The monoisotopic (exact) mass is 262 g/mol. The van der Waals surface area contributed by atoms with Crippen LogP contribution in [0.3, 0.4) is 0 Å². The lowest BCUT2D eigenvalue weighted by atomic mass is 10.2. The Morgan fingerprint density at radius 1 is 1.29 bits per heavy atom. The van der Waals surface area contributed by atoms with Crippen LogP contribution in [-0.4, -0.2) is 17.4 Å². The molecule has 1 heterocycles. The number of rotatable bonds is 2. The molecule has 0 spiro atoms. The van der Waals surface area contributed by atoms with Gasteiger partial charge in [-0.15, -0.1) is 24.5 Å². The Bertz CT molecular complexity index is 574. The molecule has 0 amide bonds. The van der Waals surface area contributed by atoms with Gasteiger partial charge in [0, 0.05) is 4.70 Å². The number of halogens is 3. The van der Waals surface area contributed by atoms with Gasteiger partial charge in [0.2, 0.25) is 0 Å². The van der Waals surface area contributed by atoms with E-state index >= 15 is 0 Å². The molecule has 0 aliphatic carbocycles. The fourth-order valence-corrected chi connectivity index (χ4v) is 2.24. The van der Waals surface area contributed by atoms with Crippen LogP contribution >= 0.6 is 11.3 Å². The summed E-state index contributed by atoms with van der Waals surface area (Å²) in [7, 11) is 0. The third kappa shape index (κ3) is 2.68. The van der Waals surface area contributed by atoms with E-state index in [4.69, 9.17) is 5.11 Å². The van der Waals surface area contributed by atoms with Crippen LogP contribution in [0.5, 0.6) is 5.75 Å². The lowest BCUT2D eigenvalue weighted by Crippen LogP contribution is -2.16. The quantitative estimate of drug-likeness (QED) is 0.901. The molecule has 2 rings (SSSR count). The number of ether oxygens (including phenoxy) is 1. The molecule has 0 saturated carbocycles. The number of aromatic carboxylic acids is 1. The van der Waals surface area contributed by atoms with Gasteiger partial charge in [0.15, 0.2) is 0 Å². The average molecular weight is 262 g/mol. The molecule has 7 heteroatoms. The number of benzene rings is 1. The average Bonchev–Trinajstić information content (AvgIpc) is 2.57. The van der Waals surface area contributed by atoms with E-state index in [1.54, 1.807) is 0 Å². The van der Waals surface area contributed by atoms with Crippen molar-refractivity contribution in [3.8, 4) is 5.75 Å². The van der Waals surface area contributed by atoms with E-state index in [-0.39, 0.29) is 10.6 Å². The molecular weight excluding hydrogens is 257 g/mol. The van der Waals surface area contributed by atoms with Crippen LogP contribution < -0.4 is 4.74 Å². The second-order valence-electron chi connectivity index (χ2n) is 3.16. The molecule has 1 aromatic heterocycles. The maximum absolute atomic E-state index is 12.0. The number of hydrogen-bond donors (Lipinski definition) is 1. The van der Waals surface area contributed by atoms with E-state index < -0.39 is 12.3 Å². The van der Waals surface area contributed by atoms with Crippen molar-refractivity contribution in [1.82, 2.24) is 0 Å². The van der Waals surface area contributed by atoms with Crippen LogP contribution in [0.1, 0.15) is 9.67 Å². The van der Waals surface area contributed by atoms with Crippen molar-refractivity contribution in [3.05, 3.63) is 29.1 Å². The second-order valence-corrected chi connectivity index (χ2v) is 4.25. The largest absolute Gasteiger partial charge is 0.573 e. The summed E-state index contributed by atoms with van der Waals surface area (Å²) in [5.74, 6) is -1.46. The van der Waals surface area contributed by atoms with Crippen molar-refractivity contribution in [1.29, 1.82) is 0 Å². The predicted octanol–water partition coefficient (Wildman–Crippen LogP) is 3.50. The number of carboxylic acid groups (broad SMARTS) is 1. The highest BCUT2D eigenvalue weighted by atomic mass is 32.1. The van der Waals surface area contributed by atoms with Crippen molar-refractivity contribution in [3.63, 3.8) is 0 Å². The summed E-state index contributed by atoms with van der Waals surface area (Å²) >= 11 is 0.899. The van der Waals surface area contributed by atoms with Crippen LogP contribution in [0.2, 0.25) is 0 Å². The molecule has 0 fully saturated rings. The molecule has 0 bridgehead atoms. The van der Waals surface area contributed by atoms with Gasteiger partial charge in [-0.25, -0.2) is 4.79 Å². The summed E-state index contributed by atoms with van der Waals surface area (Å²) < 4.78 is 40.1. The van der Waals surface area contributed by atoms with Crippen LogP contribution in [0, 0.1) is 0 Å². The maximum atomic E-state index is 12.0. The Hall–Kier alpha value is -1.76. The number of alkyl halides is 3. The van der Waals surface area contributed by atoms with Gasteiger partial charge in [0.25, 0.3) is 0 Å². The standard InChI is InChI=1S/C10H5F3O3S/c11-10(12,13)16-6-2-1-5-3-8(9(14)15)17-7(5)4-6/h1-4H,(H,14,15). The summed E-state index contributed by atoms with van der Waals surface area (Å²) in [6.07, 6.45) is -4.75. The van der Waals surface area contributed by atoms with Gasteiger partial charge in [-0.3, -0.25) is 0 Å². The summed E-state index contributed by atoms with van der Waals surface area (Å²) in [6.45, 7) is 0.